The Bertz CT molecular complexity index is 469. The first kappa shape index (κ1) is 11.8. The Morgan fingerprint density at radius 1 is 1.25 bits per heavy atom. The molecule has 0 atom stereocenters. The van der Waals surface area contributed by atoms with E-state index in [0.717, 1.165) is 6.07 Å². The lowest BCUT2D eigenvalue weighted by molar-refractivity contribution is -0.394. The Labute approximate surface area is 90.0 Å². The predicted molar refractivity (Wildman–Crippen MR) is 54.3 cm³/mol. The largest absolute Gasteiger partial charge is 0.303 e. The highest BCUT2D eigenvalue weighted by Gasteiger charge is 2.20. The van der Waals surface area contributed by atoms with Crippen LogP contribution in [0.3, 0.4) is 0 Å². The summed E-state index contributed by atoms with van der Waals surface area (Å²) in [5, 5.41) is 21.2. The van der Waals surface area contributed by atoms with Gasteiger partial charge in [0.1, 0.15) is 6.29 Å². The van der Waals surface area contributed by atoms with Crippen LogP contribution in [0.15, 0.2) is 12.1 Å². The molecule has 0 fully saturated rings. The molecule has 0 aliphatic rings. The summed E-state index contributed by atoms with van der Waals surface area (Å²) in [5.74, 6) is 0. The van der Waals surface area contributed by atoms with Crippen LogP contribution in [0.5, 0.6) is 0 Å². The number of non-ortho nitro benzene ring substituents is 1. The van der Waals surface area contributed by atoms with Gasteiger partial charge in [-0.1, -0.05) is 0 Å². The molecule has 0 unspecified atom stereocenters. The molecule has 1 rings (SSSR count). The van der Waals surface area contributed by atoms with Gasteiger partial charge in [-0.15, -0.1) is 0 Å². The number of hydrogen-bond donors (Lipinski definition) is 0. The molecule has 0 saturated heterocycles. The summed E-state index contributed by atoms with van der Waals surface area (Å²) >= 11 is 0. The lowest BCUT2D eigenvalue weighted by Crippen LogP contribution is -2.00. The Kier molecular flexibility index (Phi) is 3.29. The molecule has 0 saturated carbocycles. The van der Waals surface area contributed by atoms with Crippen LogP contribution >= 0.6 is 0 Å². The molecule has 0 heterocycles. The van der Waals surface area contributed by atoms with Crippen LogP contribution in [0, 0.1) is 27.2 Å². The van der Waals surface area contributed by atoms with Crippen molar-refractivity contribution in [3.05, 3.63) is 43.5 Å². The molecular weight excluding hydrogens is 216 g/mol. The lowest BCUT2D eigenvalue weighted by Gasteiger charge is -2.03. The van der Waals surface area contributed by atoms with E-state index in [1.807, 2.05) is 0 Å². The Morgan fingerprint density at radius 2 is 1.88 bits per heavy atom. The Morgan fingerprint density at radius 3 is 2.31 bits per heavy atom. The molecule has 0 amide bonds. The predicted octanol–water partition coefficient (Wildman–Crippen LogP) is 1.55. The normalized spacial score (nSPS) is 9.81. The first-order valence-corrected chi connectivity index (χ1v) is 4.33. The van der Waals surface area contributed by atoms with Gasteiger partial charge in [0.15, 0.2) is 0 Å². The van der Waals surface area contributed by atoms with Gasteiger partial charge in [0, 0.05) is 18.1 Å². The van der Waals surface area contributed by atoms with Crippen molar-refractivity contribution in [2.24, 2.45) is 0 Å². The number of carbonyl (C=O) groups excluding carboxylic acids is 1. The third-order valence-corrected chi connectivity index (χ3v) is 2.18. The van der Waals surface area contributed by atoms with Gasteiger partial charge in [-0.05, 0) is 12.5 Å². The molecule has 0 aromatic heterocycles. The summed E-state index contributed by atoms with van der Waals surface area (Å²) in [6, 6.07) is 2.07. The SMILES string of the molecule is Cc1c(CC=O)cc([N+](=O)[O-])cc1[N+](=O)[O-]. The van der Waals surface area contributed by atoms with E-state index in [0.29, 0.717) is 11.8 Å². The maximum Gasteiger partial charge on any atom is 0.279 e. The maximum absolute atomic E-state index is 10.6. The van der Waals surface area contributed by atoms with Crippen molar-refractivity contribution in [2.45, 2.75) is 13.3 Å². The number of rotatable bonds is 4. The van der Waals surface area contributed by atoms with E-state index in [-0.39, 0.29) is 23.4 Å². The van der Waals surface area contributed by atoms with Gasteiger partial charge in [-0.3, -0.25) is 20.2 Å². The summed E-state index contributed by atoms with van der Waals surface area (Å²) in [7, 11) is 0. The monoisotopic (exact) mass is 224 g/mol. The minimum Gasteiger partial charge on any atom is -0.303 e. The second-order valence-corrected chi connectivity index (χ2v) is 3.13. The van der Waals surface area contributed by atoms with Gasteiger partial charge >= 0.3 is 0 Å². The van der Waals surface area contributed by atoms with Crippen molar-refractivity contribution >= 4 is 17.7 Å². The van der Waals surface area contributed by atoms with Gasteiger partial charge in [0.05, 0.1) is 15.9 Å². The Hall–Kier alpha value is -2.31. The van der Waals surface area contributed by atoms with Gasteiger partial charge in [-0.2, -0.15) is 0 Å². The van der Waals surface area contributed by atoms with E-state index in [9.17, 15) is 25.0 Å². The smallest absolute Gasteiger partial charge is 0.279 e. The highest BCUT2D eigenvalue weighted by Crippen LogP contribution is 2.27. The zero-order valence-corrected chi connectivity index (χ0v) is 8.37. The molecule has 0 spiro atoms. The number of nitro groups is 2. The minimum atomic E-state index is -0.721. The second kappa shape index (κ2) is 4.47. The summed E-state index contributed by atoms with van der Waals surface area (Å²) < 4.78 is 0. The molecule has 0 radical (unpaired) electrons. The summed E-state index contributed by atoms with van der Waals surface area (Å²) in [5.41, 5.74) is -0.140. The van der Waals surface area contributed by atoms with Gasteiger partial charge in [-0.25, -0.2) is 0 Å². The van der Waals surface area contributed by atoms with E-state index < -0.39 is 9.85 Å². The highest BCUT2D eigenvalue weighted by molar-refractivity contribution is 5.61. The van der Waals surface area contributed by atoms with Crippen LogP contribution < -0.4 is 0 Å². The molecule has 1 aromatic carbocycles. The van der Waals surface area contributed by atoms with Crippen molar-refractivity contribution in [1.29, 1.82) is 0 Å². The third-order valence-electron chi connectivity index (χ3n) is 2.18. The number of nitrogens with zero attached hydrogens (tertiary/aromatic N) is 2. The molecule has 0 bridgehead atoms. The topological polar surface area (TPSA) is 103 Å². The third kappa shape index (κ3) is 2.19. The molecule has 0 N–H and O–H groups in total. The number of aldehydes is 1. The first-order chi connectivity index (χ1) is 7.47. The highest BCUT2D eigenvalue weighted by atomic mass is 16.6. The number of hydrogen-bond acceptors (Lipinski definition) is 5. The van der Waals surface area contributed by atoms with Gasteiger partial charge in [0.2, 0.25) is 0 Å². The Balaban J connectivity index is 3.44. The quantitative estimate of drug-likeness (QED) is 0.438. The maximum atomic E-state index is 10.6. The van der Waals surface area contributed by atoms with Crippen molar-refractivity contribution in [1.82, 2.24) is 0 Å². The van der Waals surface area contributed by atoms with Crippen molar-refractivity contribution < 1.29 is 14.6 Å². The van der Waals surface area contributed by atoms with Crippen LogP contribution in [0.4, 0.5) is 11.4 Å². The van der Waals surface area contributed by atoms with Crippen molar-refractivity contribution in [3.8, 4) is 0 Å². The fourth-order valence-electron chi connectivity index (χ4n) is 1.34. The van der Waals surface area contributed by atoms with E-state index in [4.69, 9.17) is 0 Å². The van der Waals surface area contributed by atoms with Crippen LogP contribution in [0.25, 0.3) is 0 Å². The molecule has 0 aliphatic heterocycles. The minimum absolute atomic E-state index is 0.0750. The molecule has 7 nitrogen and oxygen atoms in total. The van der Waals surface area contributed by atoms with Crippen molar-refractivity contribution in [2.75, 3.05) is 0 Å². The van der Waals surface area contributed by atoms with Crippen LogP contribution in [-0.4, -0.2) is 16.1 Å². The van der Waals surface area contributed by atoms with Crippen LogP contribution in [0.2, 0.25) is 0 Å². The molecule has 0 aliphatic carbocycles. The zero-order chi connectivity index (χ0) is 12.3. The van der Waals surface area contributed by atoms with Crippen LogP contribution in [0.1, 0.15) is 11.1 Å². The second-order valence-electron chi connectivity index (χ2n) is 3.13. The van der Waals surface area contributed by atoms with E-state index in [2.05, 4.69) is 0 Å². The fraction of sp³-hybridized carbons (Fsp3) is 0.222. The van der Waals surface area contributed by atoms with Crippen molar-refractivity contribution in [3.63, 3.8) is 0 Å². The zero-order valence-electron chi connectivity index (χ0n) is 8.37. The van der Waals surface area contributed by atoms with E-state index in [1.54, 1.807) is 0 Å². The van der Waals surface area contributed by atoms with Gasteiger partial charge in [0.25, 0.3) is 11.4 Å². The lowest BCUT2D eigenvalue weighted by atomic mass is 10.0. The summed E-state index contributed by atoms with van der Waals surface area (Å²) in [6.45, 7) is 1.46. The average molecular weight is 224 g/mol. The van der Waals surface area contributed by atoms with Crippen LogP contribution in [-0.2, 0) is 11.2 Å². The molecule has 1 aromatic rings. The molecular formula is C9H8N2O5. The average Bonchev–Trinajstić information content (AvgIpc) is 2.20. The summed E-state index contributed by atoms with van der Waals surface area (Å²) in [4.78, 5) is 30.1. The molecule has 84 valence electrons. The number of carbonyl (C=O) groups is 1. The fourth-order valence-corrected chi connectivity index (χ4v) is 1.34. The van der Waals surface area contributed by atoms with E-state index in [1.165, 1.54) is 13.0 Å². The first-order valence-electron chi connectivity index (χ1n) is 4.33. The number of nitro benzene ring substituents is 2. The van der Waals surface area contributed by atoms with E-state index >= 15 is 0 Å². The number of benzene rings is 1. The molecule has 7 heteroatoms. The molecule has 16 heavy (non-hydrogen) atoms. The standard InChI is InChI=1S/C9H8N2O5/c1-6-7(2-3-12)4-8(10(13)14)5-9(6)11(15)16/h3-5H,2H2,1H3. The van der Waals surface area contributed by atoms with Gasteiger partial charge < -0.3 is 4.79 Å². The summed E-state index contributed by atoms with van der Waals surface area (Å²) in [6.07, 6.45) is 0.476.